The van der Waals surface area contributed by atoms with Gasteiger partial charge in [0.25, 0.3) is 5.56 Å². The molecule has 0 radical (unpaired) electrons. The van der Waals surface area contributed by atoms with Crippen molar-refractivity contribution < 1.29 is 9.53 Å². The van der Waals surface area contributed by atoms with E-state index in [4.69, 9.17) is 9.72 Å². The van der Waals surface area contributed by atoms with Crippen molar-refractivity contribution >= 4 is 28.6 Å². The molecule has 6 nitrogen and oxygen atoms in total. The number of likely N-dealkylation sites (tertiary alicyclic amines) is 1. The van der Waals surface area contributed by atoms with Crippen LogP contribution in [0.25, 0.3) is 16.6 Å². The van der Waals surface area contributed by atoms with E-state index in [0.29, 0.717) is 33.4 Å². The summed E-state index contributed by atoms with van der Waals surface area (Å²) in [6.45, 7) is 3.78. The molecule has 0 spiro atoms. The maximum absolute atomic E-state index is 13.3. The van der Waals surface area contributed by atoms with Crippen molar-refractivity contribution in [1.82, 2.24) is 14.5 Å². The number of carbonyl (C=O) groups is 1. The number of ether oxygens (including phenoxy) is 1. The molecule has 0 unspecified atom stereocenters. The summed E-state index contributed by atoms with van der Waals surface area (Å²) in [5, 5.41) is 1.05. The van der Waals surface area contributed by atoms with E-state index in [0.717, 1.165) is 19.5 Å². The summed E-state index contributed by atoms with van der Waals surface area (Å²) in [5.74, 6) is 1.52. The molecule has 1 aromatic heterocycles. The summed E-state index contributed by atoms with van der Waals surface area (Å²) in [5.41, 5.74) is 1.14. The van der Waals surface area contributed by atoms with Crippen molar-refractivity contribution in [2.24, 2.45) is 5.92 Å². The van der Waals surface area contributed by atoms with Gasteiger partial charge in [-0.25, -0.2) is 4.98 Å². The number of benzene rings is 2. The van der Waals surface area contributed by atoms with E-state index < -0.39 is 0 Å². The molecule has 1 atom stereocenters. The molecule has 156 valence electrons. The molecule has 1 amide bonds. The van der Waals surface area contributed by atoms with E-state index in [9.17, 15) is 9.59 Å². The number of para-hydroxylation sites is 1. The Kier molecular flexibility index (Phi) is 6.08. The van der Waals surface area contributed by atoms with Gasteiger partial charge in [0.05, 0.1) is 29.5 Å². The Morgan fingerprint density at radius 2 is 2.07 bits per heavy atom. The maximum atomic E-state index is 13.3. The Bertz CT molecular complexity index is 1130. The fourth-order valence-corrected chi connectivity index (χ4v) is 4.74. The molecule has 0 N–H and O–H groups in total. The van der Waals surface area contributed by atoms with Gasteiger partial charge in [-0.1, -0.05) is 36.9 Å². The SMILES string of the molecule is COc1cccc(-n2c(SCC(=O)N3CCC[C@@H](C)C3)nc3ccccc3c2=O)c1. The van der Waals surface area contributed by atoms with Gasteiger partial charge in [0.1, 0.15) is 5.75 Å². The van der Waals surface area contributed by atoms with Crippen LogP contribution in [0.2, 0.25) is 0 Å². The molecule has 0 saturated carbocycles. The number of hydrogen-bond donors (Lipinski definition) is 0. The molecular weight excluding hydrogens is 398 g/mol. The van der Waals surface area contributed by atoms with Gasteiger partial charge in [0.2, 0.25) is 5.91 Å². The first kappa shape index (κ1) is 20.5. The fourth-order valence-electron chi connectivity index (χ4n) is 3.82. The standard InChI is InChI=1S/C23H25N3O3S/c1-16-7-6-12-25(14-16)21(27)15-30-23-24-20-11-4-3-10-19(20)22(28)26(23)17-8-5-9-18(13-17)29-2/h3-5,8-11,13,16H,6-7,12,14-15H2,1-2H3/t16-/m1/s1. The minimum Gasteiger partial charge on any atom is -0.497 e. The molecule has 2 heterocycles. The number of amides is 1. The van der Waals surface area contributed by atoms with Crippen LogP contribution in [0.3, 0.4) is 0 Å². The molecule has 1 aliphatic heterocycles. The van der Waals surface area contributed by atoms with Gasteiger partial charge in [0.15, 0.2) is 5.16 Å². The summed E-state index contributed by atoms with van der Waals surface area (Å²) in [7, 11) is 1.59. The molecule has 0 bridgehead atoms. The zero-order valence-electron chi connectivity index (χ0n) is 17.2. The number of thioether (sulfide) groups is 1. The molecule has 0 aliphatic carbocycles. The minimum atomic E-state index is -0.157. The highest BCUT2D eigenvalue weighted by atomic mass is 32.2. The van der Waals surface area contributed by atoms with Crippen LogP contribution in [-0.2, 0) is 4.79 Å². The van der Waals surface area contributed by atoms with Crippen LogP contribution < -0.4 is 10.3 Å². The van der Waals surface area contributed by atoms with E-state index in [1.807, 2.05) is 41.3 Å². The van der Waals surface area contributed by atoms with Crippen molar-refractivity contribution in [2.45, 2.75) is 24.9 Å². The summed E-state index contributed by atoms with van der Waals surface area (Å²) in [6, 6.07) is 14.6. The number of carbonyl (C=O) groups excluding carboxylic acids is 1. The van der Waals surface area contributed by atoms with Crippen molar-refractivity contribution in [1.29, 1.82) is 0 Å². The molecule has 1 aliphatic rings. The van der Waals surface area contributed by atoms with Gasteiger partial charge < -0.3 is 9.64 Å². The lowest BCUT2D eigenvalue weighted by atomic mass is 10.0. The lowest BCUT2D eigenvalue weighted by molar-refractivity contribution is -0.130. The van der Waals surface area contributed by atoms with Gasteiger partial charge in [-0.15, -0.1) is 0 Å². The van der Waals surface area contributed by atoms with Gasteiger partial charge in [-0.3, -0.25) is 14.2 Å². The van der Waals surface area contributed by atoms with Crippen LogP contribution >= 0.6 is 11.8 Å². The normalized spacial score (nSPS) is 16.6. The Morgan fingerprint density at radius 1 is 1.23 bits per heavy atom. The fraction of sp³-hybridized carbons (Fsp3) is 0.348. The molecule has 1 saturated heterocycles. The molecule has 7 heteroatoms. The quantitative estimate of drug-likeness (QED) is 0.462. The molecule has 2 aromatic carbocycles. The Labute approximate surface area is 179 Å². The average molecular weight is 424 g/mol. The number of aromatic nitrogens is 2. The zero-order chi connectivity index (χ0) is 21.1. The van der Waals surface area contributed by atoms with E-state index in [2.05, 4.69) is 6.92 Å². The first-order chi connectivity index (χ1) is 14.6. The van der Waals surface area contributed by atoms with Gasteiger partial charge in [-0.05, 0) is 43.0 Å². The summed E-state index contributed by atoms with van der Waals surface area (Å²) in [6.07, 6.45) is 2.21. The Hall–Kier alpha value is -2.80. The van der Waals surface area contributed by atoms with Crippen LogP contribution in [0.4, 0.5) is 0 Å². The zero-order valence-corrected chi connectivity index (χ0v) is 18.0. The lowest BCUT2D eigenvalue weighted by Crippen LogP contribution is -2.40. The molecular formula is C23H25N3O3S. The van der Waals surface area contributed by atoms with E-state index in [1.165, 1.54) is 18.2 Å². The number of hydrogen-bond acceptors (Lipinski definition) is 5. The largest absolute Gasteiger partial charge is 0.497 e. The first-order valence-corrected chi connectivity index (χ1v) is 11.1. The number of fused-ring (bicyclic) bond motifs is 1. The summed E-state index contributed by atoms with van der Waals surface area (Å²) < 4.78 is 6.90. The lowest BCUT2D eigenvalue weighted by Gasteiger charge is -2.30. The van der Waals surface area contributed by atoms with Gasteiger partial charge in [0, 0.05) is 19.2 Å². The molecule has 4 rings (SSSR count). The van der Waals surface area contributed by atoms with E-state index >= 15 is 0 Å². The second-order valence-electron chi connectivity index (χ2n) is 7.63. The number of methoxy groups -OCH3 is 1. The predicted octanol–water partition coefficient (Wildman–Crippen LogP) is 3.74. The molecule has 30 heavy (non-hydrogen) atoms. The first-order valence-electron chi connectivity index (χ1n) is 10.1. The highest BCUT2D eigenvalue weighted by Gasteiger charge is 2.22. The van der Waals surface area contributed by atoms with E-state index in [-0.39, 0.29) is 17.2 Å². The number of rotatable bonds is 5. The van der Waals surface area contributed by atoms with Crippen molar-refractivity contribution in [3.05, 3.63) is 58.9 Å². The Balaban J connectivity index is 1.70. The molecule has 3 aromatic rings. The van der Waals surface area contributed by atoms with Crippen LogP contribution in [0.1, 0.15) is 19.8 Å². The second kappa shape index (κ2) is 8.92. The topological polar surface area (TPSA) is 64.4 Å². The third kappa shape index (κ3) is 4.21. The number of nitrogens with zero attached hydrogens (tertiary/aromatic N) is 3. The van der Waals surface area contributed by atoms with Crippen LogP contribution in [-0.4, -0.2) is 46.3 Å². The van der Waals surface area contributed by atoms with Gasteiger partial charge in [-0.2, -0.15) is 0 Å². The smallest absolute Gasteiger partial charge is 0.266 e. The minimum absolute atomic E-state index is 0.0890. The van der Waals surface area contributed by atoms with Crippen LogP contribution in [0.15, 0.2) is 58.5 Å². The average Bonchev–Trinajstić information content (AvgIpc) is 2.77. The van der Waals surface area contributed by atoms with E-state index in [1.54, 1.807) is 23.8 Å². The predicted molar refractivity (Wildman–Crippen MR) is 120 cm³/mol. The summed E-state index contributed by atoms with van der Waals surface area (Å²) >= 11 is 1.31. The van der Waals surface area contributed by atoms with Crippen molar-refractivity contribution in [2.75, 3.05) is 26.0 Å². The van der Waals surface area contributed by atoms with Crippen molar-refractivity contribution in [3.63, 3.8) is 0 Å². The third-order valence-electron chi connectivity index (χ3n) is 5.39. The highest BCUT2D eigenvalue weighted by molar-refractivity contribution is 7.99. The van der Waals surface area contributed by atoms with Gasteiger partial charge >= 0.3 is 0 Å². The second-order valence-corrected chi connectivity index (χ2v) is 8.57. The molecule has 1 fully saturated rings. The Morgan fingerprint density at radius 3 is 2.87 bits per heavy atom. The van der Waals surface area contributed by atoms with Crippen LogP contribution in [0.5, 0.6) is 5.75 Å². The highest BCUT2D eigenvalue weighted by Crippen LogP contribution is 2.24. The third-order valence-corrected chi connectivity index (χ3v) is 6.31. The maximum Gasteiger partial charge on any atom is 0.266 e. The number of piperidine rings is 1. The monoisotopic (exact) mass is 423 g/mol. The van der Waals surface area contributed by atoms with Crippen molar-refractivity contribution in [3.8, 4) is 11.4 Å². The van der Waals surface area contributed by atoms with Crippen LogP contribution in [0, 0.1) is 5.92 Å². The summed E-state index contributed by atoms with van der Waals surface area (Å²) in [4.78, 5) is 32.7.